The molecule has 2 atom stereocenters. The molecule has 18 heavy (non-hydrogen) atoms. The minimum Gasteiger partial charge on any atom is -0.444 e. The number of hydrogen-bond donors (Lipinski definition) is 2. The van der Waals surface area contributed by atoms with Gasteiger partial charge < -0.3 is 10.5 Å². The molecule has 4 nitrogen and oxygen atoms in total. The van der Waals surface area contributed by atoms with Crippen molar-refractivity contribution >= 4 is 11.8 Å². The molecule has 1 aromatic rings. The van der Waals surface area contributed by atoms with Crippen molar-refractivity contribution in [3.05, 3.63) is 30.3 Å². The highest BCUT2D eigenvalue weighted by molar-refractivity contribution is 5.84. The van der Waals surface area contributed by atoms with Crippen molar-refractivity contribution in [3.63, 3.8) is 0 Å². The smallest absolute Gasteiger partial charge is 0.411 e. The highest BCUT2D eigenvalue weighted by atomic mass is 16.6. The zero-order valence-electron chi connectivity index (χ0n) is 10.5. The number of anilines is 1. The van der Waals surface area contributed by atoms with Crippen molar-refractivity contribution in [2.45, 2.75) is 44.2 Å². The van der Waals surface area contributed by atoms with Crippen LogP contribution in [0.25, 0.3) is 0 Å². The number of para-hydroxylation sites is 1. The third-order valence-corrected chi connectivity index (χ3v) is 3.28. The lowest BCUT2D eigenvalue weighted by Crippen LogP contribution is -2.38. The van der Waals surface area contributed by atoms with E-state index in [2.05, 4.69) is 5.32 Å². The van der Waals surface area contributed by atoms with Gasteiger partial charge in [-0.1, -0.05) is 31.0 Å². The Kier molecular flexibility index (Phi) is 4.59. The van der Waals surface area contributed by atoms with E-state index < -0.39 is 6.09 Å². The summed E-state index contributed by atoms with van der Waals surface area (Å²) in [6, 6.07) is 9.26. The van der Waals surface area contributed by atoms with Crippen LogP contribution in [0.2, 0.25) is 0 Å². The Bertz CT molecular complexity index is 381. The number of benzene rings is 1. The van der Waals surface area contributed by atoms with Crippen LogP contribution in [0.5, 0.6) is 0 Å². The normalized spacial score (nSPS) is 24.1. The molecule has 2 unspecified atom stereocenters. The maximum atomic E-state index is 11.7. The maximum Gasteiger partial charge on any atom is 0.411 e. The van der Waals surface area contributed by atoms with Crippen LogP contribution in [0.4, 0.5) is 10.5 Å². The van der Waals surface area contributed by atoms with E-state index in [0.29, 0.717) is 0 Å². The summed E-state index contributed by atoms with van der Waals surface area (Å²) < 4.78 is 5.41. The first-order valence-corrected chi connectivity index (χ1v) is 6.54. The number of carbonyl (C=O) groups is 1. The van der Waals surface area contributed by atoms with Crippen molar-refractivity contribution in [2.75, 3.05) is 5.32 Å². The fraction of sp³-hybridized carbons (Fsp3) is 0.500. The van der Waals surface area contributed by atoms with Crippen molar-refractivity contribution in [1.82, 2.24) is 0 Å². The topological polar surface area (TPSA) is 64.3 Å². The van der Waals surface area contributed by atoms with Gasteiger partial charge in [0.15, 0.2) is 0 Å². The van der Waals surface area contributed by atoms with E-state index in [1.165, 1.54) is 6.42 Å². The van der Waals surface area contributed by atoms with Gasteiger partial charge in [-0.15, -0.1) is 0 Å². The first kappa shape index (κ1) is 12.9. The van der Waals surface area contributed by atoms with Crippen LogP contribution in [-0.2, 0) is 4.74 Å². The molecule has 1 fully saturated rings. The number of nitrogens with one attached hydrogen (secondary N) is 1. The van der Waals surface area contributed by atoms with Crippen LogP contribution in [0.15, 0.2) is 30.3 Å². The molecule has 1 aromatic carbocycles. The first-order chi connectivity index (χ1) is 8.75. The fourth-order valence-corrected chi connectivity index (χ4v) is 2.25. The average molecular weight is 248 g/mol. The molecule has 0 radical (unpaired) electrons. The summed E-state index contributed by atoms with van der Waals surface area (Å²) >= 11 is 0. The van der Waals surface area contributed by atoms with Gasteiger partial charge in [-0.05, 0) is 31.4 Å². The van der Waals surface area contributed by atoms with E-state index in [9.17, 15) is 4.79 Å². The van der Waals surface area contributed by atoms with E-state index in [1.807, 2.05) is 30.3 Å². The molecule has 0 saturated heterocycles. The van der Waals surface area contributed by atoms with Gasteiger partial charge in [-0.25, -0.2) is 4.79 Å². The molecule has 2 rings (SSSR count). The van der Waals surface area contributed by atoms with E-state index in [1.54, 1.807) is 0 Å². The van der Waals surface area contributed by atoms with Gasteiger partial charge in [0, 0.05) is 11.7 Å². The average Bonchev–Trinajstić information content (AvgIpc) is 2.56. The van der Waals surface area contributed by atoms with Crippen LogP contribution in [-0.4, -0.2) is 18.2 Å². The van der Waals surface area contributed by atoms with Gasteiger partial charge in [0.2, 0.25) is 0 Å². The molecule has 1 aliphatic rings. The summed E-state index contributed by atoms with van der Waals surface area (Å²) in [6.07, 6.45) is 4.61. The van der Waals surface area contributed by atoms with Crippen molar-refractivity contribution in [3.8, 4) is 0 Å². The SMILES string of the molecule is NC1CCCCCC1OC(=O)Nc1ccccc1. The molecule has 98 valence electrons. The lowest BCUT2D eigenvalue weighted by Gasteiger charge is -2.21. The standard InChI is InChI=1S/C14H20N2O2/c15-12-9-5-2-6-10-13(12)18-14(17)16-11-7-3-1-4-8-11/h1,3-4,7-8,12-13H,2,5-6,9-10,15H2,(H,16,17). The molecule has 0 heterocycles. The molecule has 0 spiro atoms. The predicted molar refractivity (Wildman–Crippen MR) is 71.4 cm³/mol. The van der Waals surface area contributed by atoms with Crippen LogP contribution in [0.3, 0.4) is 0 Å². The van der Waals surface area contributed by atoms with Crippen LogP contribution in [0, 0.1) is 0 Å². The summed E-state index contributed by atoms with van der Waals surface area (Å²) in [4.78, 5) is 11.7. The second-order valence-corrected chi connectivity index (χ2v) is 4.74. The largest absolute Gasteiger partial charge is 0.444 e. The third-order valence-electron chi connectivity index (χ3n) is 3.28. The Morgan fingerprint density at radius 2 is 1.89 bits per heavy atom. The van der Waals surface area contributed by atoms with Crippen LogP contribution >= 0.6 is 0 Å². The van der Waals surface area contributed by atoms with E-state index in [0.717, 1.165) is 31.4 Å². The molecular weight excluding hydrogens is 228 g/mol. The number of nitrogens with two attached hydrogens (primary N) is 1. The highest BCUT2D eigenvalue weighted by Gasteiger charge is 2.23. The van der Waals surface area contributed by atoms with Gasteiger partial charge in [0.25, 0.3) is 0 Å². The van der Waals surface area contributed by atoms with E-state index >= 15 is 0 Å². The molecule has 0 bridgehead atoms. The van der Waals surface area contributed by atoms with E-state index in [-0.39, 0.29) is 12.1 Å². The number of amides is 1. The minimum atomic E-state index is -0.413. The summed E-state index contributed by atoms with van der Waals surface area (Å²) in [5.41, 5.74) is 6.76. The zero-order chi connectivity index (χ0) is 12.8. The van der Waals surface area contributed by atoms with Crippen LogP contribution in [0.1, 0.15) is 32.1 Å². The minimum absolute atomic E-state index is 0.0333. The zero-order valence-corrected chi connectivity index (χ0v) is 10.5. The molecular formula is C14H20N2O2. The van der Waals surface area contributed by atoms with Crippen molar-refractivity contribution < 1.29 is 9.53 Å². The predicted octanol–water partition coefficient (Wildman–Crippen LogP) is 2.90. The maximum absolute atomic E-state index is 11.7. The Morgan fingerprint density at radius 1 is 1.17 bits per heavy atom. The van der Waals surface area contributed by atoms with Crippen molar-refractivity contribution in [2.24, 2.45) is 5.73 Å². The summed E-state index contributed by atoms with van der Waals surface area (Å²) in [5.74, 6) is 0. The molecule has 4 heteroatoms. The number of rotatable bonds is 2. The lowest BCUT2D eigenvalue weighted by atomic mass is 10.1. The Labute approximate surface area is 108 Å². The van der Waals surface area contributed by atoms with Gasteiger partial charge in [-0.2, -0.15) is 0 Å². The van der Waals surface area contributed by atoms with Gasteiger partial charge in [-0.3, -0.25) is 5.32 Å². The van der Waals surface area contributed by atoms with Gasteiger partial charge in [0.1, 0.15) is 6.10 Å². The monoisotopic (exact) mass is 248 g/mol. The molecule has 1 amide bonds. The number of carbonyl (C=O) groups excluding carboxylic acids is 1. The first-order valence-electron chi connectivity index (χ1n) is 6.54. The molecule has 1 aliphatic carbocycles. The number of hydrogen-bond acceptors (Lipinski definition) is 3. The Morgan fingerprint density at radius 3 is 2.67 bits per heavy atom. The number of ether oxygens (including phenoxy) is 1. The second kappa shape index (κ2) is 6.40. The Hall–Kier alpha value is -1.55. The fourth-order valence-electron chi connectivity index (χ4n) is 2.25. The quantitative estimate of drug-likeness (QED) is 0.791. The van der Waals surface area contributed by atoms with Crippen molar-refractivity contribution in [1.29, 1.82) is 0 Å². The lowest BCUT2D eigenvalue weighted by molar-refractivity contribution is 0.0899. The second-order valence-electron chi connectivity index (χ2n) is 4.74. The van der Waals surface area contributed by atoms with E-state index in [4.69, 9.17) is 10.5 Å². The summed E-state index contributed by atoms with van der Waals surface area (Å²) in [6.45, 7) is 0. The third kappa shape index (κ3) is 3.74. The highest BCUT2D eigenvalue weighted by Crippen LogP contribution is 2.19. The summed E-state index contributed by atoms with van der Waals surface area (Å²) in [7, 11) is 0. The molecule has 3 N–H and O–H groups in total. The van der Waals surface area contributed by atoms with Crippen LogP contribution < -0.4 is 11.1 Å². The Balaban J connectivity index is 1.86. The molecule has 1 saturated carbocycles. The summed E-state index contributed by atoms with van der Waals surface area (Å²) in [5, 5.41) is 2.71. The van der Waals surface area contributed by atoms with Gasteiger partial charge in [0.05, 0.1) is 0 Å². The molecule has 0 aromatic heterocycles. The molecule has 0 aliphatic heterocycles. The van der Waals surface area contributed by atoms with Gasteiger partial charge >= 0.3 is 6.09 Å².